The van der Waals surface area contributed by atoms with Crippen LogP contribution in [0, 0.1) is 0 Å². The third kappa shape index (κ3) is 37.8. The van der Waals surface area contributed by atoms with Gasteiger partial charge in [-0.2, -0.15) is 0 Å². The molecule has 0 fully saturated rings. The second-order valence-corrected chi connectivity index (χ2v) is 13.1. The monoisotopic (exact) mass is 723 g/mol. The van der Waals surface area contributed by atoms with Crippen LogP contribution in [0.2, 0.25) is 0 Å². The van der Waals surface area contributed by atoms with Crippen molar-refractivity contribution in [3.8, 4) is 0 Å². The molecule has 0 N–H and O–H groups in total. The molecule has 0 bridgehead atoms. The van der Waals surface area contributed by atoms with Gasteiger partial charge in [-0.05, 0) is 103 Å². The zero-order chi connectivity index (χ0) is 38.0. The molecule has 0 aromatic carbocycles. The summed E-state index contributed by atoms with van der Waals surface area (Å²) in [4.78, 5) is 37.4. The lowest BCUT2D eigenvalue weighted by Gasteiger charge is -2.18. The number of hydrogen-bond acceptors (Lipinski definition) is 6. The van der Waals surface area contributed by atoms with Gasteiger partial charge in [0.15, 0.2) is 6.10 Å². The van der Waals surface area contributed by atoms with Gasteiger partial charge >= 0.3 is 17.9 Å². The number of rotatable bonds is 35. The first-order valence-electron chi connectivity index (χ1n) is 20.6. The third-order valence-electron chi connectivity index (χ3n) is 8.11. The van der Waals surface area contributed by atoms with Gasteiger partial charge in [-0.15, -0.1) is 0 Å². The Labute approximate surface area is 318 Å². The minimum atomic E-state index is -0.813. The lowest BCUT2D eigenvalue weighted by atomic mass is 10.1. The van der Waals surface area contributed by atoms with Crippen LogP contribution < -0.4 is 0 Å². The molecule has 1 atom stereocenters. The van der Waals surface area contributed by atoms with Crippen molar-refractivity contribution in [3.63, 3.8) is 0 Å². The second kappa shape index (κ2) is 40.4. The van der Waals surface area contributed by atoms with Gasteiger partial charge in [-0.1, -0.05) is 132 Å². The quantitative estimate of drug-likeness (QED) is 0.0280. The summed E-state index contributed by atoms with van der Waals surface area (Å²) in [6.45, 7) is 6.24. The van der Waals surface area contributed by atoms with Crippen molar-refractivity contribution in [2.24, 2.45) is 0 Å². The summed E-state index contributed by atoms with van der Waals surface area (Å²) in [5.41, 5.74) is 0. The topological polar surface area (TPSA) is 78.9 Å². The van der Waals surface area contributed by atoms with Gasteiger partial charge in [0.25, 0.3) is 0 Å². The van der Waals surface area contributed by atoms with Crippen molar-refractivity contribution in [1.29, 1.82) is 0 Å². The number of carbonyl (C=O) groups is 3. The van der Waals surface area contributed by atoms with Crippen molar-refractivity contribution < 1.29 is 28.6 Å². The fourth-order valence-electron chi connectivity index (χ4n) is 5.06. The Bertz CT molecular complexity index is 1060. The molecule has 0 aromatic rings. The molecule has 0 aliphatic rings. The van der Waals surface area contributed by atoms with E-state index in [1.807, 2.05) is 0 Å². The number of hydrogen-bond donors (Lipinski definition) is 0. The van der Waals surface area contributed by atoms with E-state index in [2.05, 4.69) is 106 Å². The predicted octanol–water partition coefficient (Wildman–Crippen LogP) is 12.9. The van der Waals surface area contributed by atoms with Gasteiger partial charge in [-0.25, -0.2) is 0 Å². The largest absolute Gasteiger partial charge is 0.462 e. The average molecular weight is 723 g/mol. The average Bonchev–Trinajstić information content (AvgIpc) is 3.14. The number of esters is 3. The summed E-state index contributed by atoms with van der Waals surface area (Å²) in [7, 11) is 0. The van der Waals surface area contributed by atoms with E-state index in [4.69, 9.17) is 14.2 Å². The van der Waals surface area contributed by atoms with Crippen LogP contribution in [0.15, 0.2) is 85.1 Å². The summed E-state index contributed by atoms with van der Waals surface area (Å²) in [5.74, 6) is -1.03. The number of ether oxygens (including phenoxy) is 3. The summed E-state index contributed by atoms with van der Waals surface area (Å²) in [6.07, 6.45) is 50.2. The zero-order valence-corrected chi connectivity index (χ0v) is 33.3. The summed E-state index contributed by atoms with van der Waals surface area (Å²) in [5, 5.41) is 0. The summed E-state index contributed by atoms with van der Waals surface area (Å²) < 4.78 is 16.5. The Morgan fingerprint density at radius 2 is 0.769 bits per heavy atom. The number of carbonyl (C=O) groups excluding carboxylic acids is 3. The summed E-state index contributed by atoms with van der Waals surface area (Å²) in [6, 6.07) is 0. The van der Waals surface area contributed by atoms with E-state index in [1.165, 1.54) is 25.7 Å². The molecule has 0 saturated carbocycles. The van der Waals surface area contributed by atoms with Crippen LogP contribution in [0.1, 0.15) is 168 Å². The molecular formula is C46H74O6. The van der Waals surface area contributed by atoms with Crippen molar-refractivity contribution in [2.45, 2.75) is 175 Å². The highest BCUT2D eigenvalue weighted by molar-refractivity contribution is 5.71. The minimum absolute atomic E-state index is 0.116. The molecule has 52 heavy (non-hydrogen) atoms. The van der Waals surface area contributed by atoms with Crippen LogP contribution >= 0.6 is 0 Å². The van der Waals surface area contributed by atoms with Gasteiger partial charge in [0.1, 0.15) is 13.2 Å². The van der Waals surface area contributed by atoms with E-state index < -0.39 is 6.10 Å². The molecular weight excluding hydrogens is 648 g/mol. The van der Waals surface area contributed by atoms with Crippen molar-refractivity contribution in [2.75, 3.05) is 13.2 Å². The molecule has 0 rings (SSSR count). The smallest absolute Gasteiger partial charge is 0.306 e. The lowest BCUT2D eigenvalue weighted by Crippen LogP contribution is -2.30. The Balaban J connectivity index is 4.47. The molecule has 0 amide bonds. The third-order valence-corrected chi connectivity index (χ3v) is 8.11. The van der Waals surface area contributed by atoms with E-state index in [9.17, 15) is 14.4 Å². The standard InChI is InChI=1S/C46H74O6/c1-4-7-10-13-16-19-20-21-22-23-24-25-28-30-33-36-39-45(48)51-42-43(52-46(49)40-37-34-31-27-18-15-12-9-6-3)41-50-44(47)38-35-32-29-26-17-14-11-8-5-2/h7,9-10,12,16,18-19,21-22,24-27,29,43H,4-6,8,11,13-15,17,20,23,28,30-42H2,1-3H3/b10-7-,12-9-,19-16-,22-21-,25-24-,27-18-,29-26-. The molecule has 1 unspecified atom stereocenters. The normalized spacial score (nSPS) is 12.9. The molecule has 6 nitrogen and oxygen atoms in total. The molecule has 0 aliphatic carbocycles. The van der Waals surface area contributed by atoms with Crippen LogP contribution in [0.25, 0.3) is 0 Å². The maximum absolute atomic E-state index is 12.6. The first-order valence-corrected chi connectivity index (χ1v) is 20.6. The molecule has 6 heteroatoms. The van der Waals surface area contributed by atoms with E-state index in [-0.39, 0.29) is 37.5 Å². The fraction of sp³-hybridized carbons (Fsp3) is 0.630. The van der Waals surface area contributed by atoms with E-state index in [0.29, 0.717) is 25.7 Å². The van der Waals surface area contributed by atoms with Crippen molar-refractivity contribution >= 4 is 17.9 Å². The van der Waals surface area contributed by atoms with Crippen LogP contribution in [0.3, 0.4) is 0 Å². The Morgan fingerprint density at radius 1 is 0.404 bits per heavy atom. The van der Waals surface area contributed by atoms with Gasteiger partial charge in [0.2, 0.25) is 0 Å². The molecule has 294 valence electrons. The minimum Gasteiger partial charge on any atom is -0.462 e. The molecule has 0 spiro atoms. The van der Waals surface area contributed by atoms with Crippen LogP contribution in [0.5, 0.6) is 0 Å². The molecule has 0 heterocycles. The van der Waals surface area contributed by atoms with Gasteiger partial charge in [-0.3, -0.25) is 14.4 Å². The maximum atomic E-state index is 12.6. The van der Waals surface area contributed by atoms with Crippen molar-refractivity contribution in [1.82, 2.24) is 0 Å². The van der Waals surface area contributed by atoms with Gasteiger partial charge < -0.3 is 14.2 Å². The molecule has 0 saturated heterocycles. The SMILES string of the molecule is CC/C=C\C/C=C\C/C=C\C/C=C\CCCCCC(=O)OCC(COC(=O)CCC/C=C\CCCCCC)OC(=O)CCCC/C=C\C/C=C\CC. The maximum Gasteiger partial charge on any atom is 0.306 e. The Morgan fingerprint density at radius 3 is 1.27 bits per heavy atom. The van der Waals surface area contributed by atoms with Gasteiger partial charge in [0, 0.05) is 19.3 Å². The second-order valence-electron chi connectivity index (χ2n) is 13.1. The number of allylic oxidation sites excluding steroid dienone is 14. The van der Waals surface area contributed by atoms with Crippen LogP contribution in [-0.2, 0) is 28.6 Å². The summed E-state index contributed by atoms with van der Waals surface area (Å²) >= 11 is 0. The fourth-order valence-corrected chi connectivity index (χ4v) is 5.06. The van der Waals surface area contributed by atoms with Gasteiger partial charge in [0.05, 0.1) is 0 Å². The Kier molecular flexibility index (Phi) is 37.7. The highest BCUT2D eigenvalue weighted by atomic mass is 16.6. The van der Waals surface area contributed by atoms with E-state index in [0.717, 1.165) is 89.9 Å². The molecule has 0 aliphatic heterocycles. The lowest BCUT2D eigenvalue weighted by molar-refractivity contribution is -0.167. The van der Waals surface area contributed by atoms with E-state index >= 15 is 0 Å². The van der Waals surface area contributed by atoms with Crippen LogP contribution in [0.4, 0.5) is 0 Å². The number of unbranched alkanes of at least 4 members (excludes halogenated alkanes) is 10. The Hall–Kier alpha value is -3.41. The first kappa shape index (κ1) is 48.6. The van der Waals surface area contributed by atoms with Crippen molar-refractivity contribution in [3.05, 3.63) is 85.1 Å². The molecule has 0 radical (unpaired) electrons. The first-order chi connectivity index (χ1) is 25.5. The zero-order valence-electron chi connectivity index (χ0n) is 33.3. The predicted molar refractivity (Wildman–Crippen MR) is 219 cm³/mol. The molecule has 0 aromatic heterocycles. The van der Waals surface area contributed by atoms with E-state index in [1.54, 1.807) is 0 Å². The van der Waals surface area contributed by atoms with Crippen LogP contribution in [-0.4, -0.2) is 37.2 Å². The highest BCUT2D eigenvalue weighted by Gasteiger charge is 2.19. The highest BCUT2D eigenvalue weighted by Crippen LogP contribution is 2.10.